The van der Waals surface area contributed by atoms with Crippen molar-refractivity contribution in [1.29, 1.82) is 0 Å². The standard InChI is InChI=1S/C8H9N3O2/c9-8-4-5-3-6(11(12)13)1-2-7(5)10-8/h1-3,8,10H,4,9H2. The molecular weight excluding hydrogens is 170 g/mol. The van der Waals surface area contributed by atoms with Gasteiger partial charge in [-0.3, -0.25) is 10.1 Å². The minimum atomic E-state index is -0.399. The van der Waals surface area contributed by atoms with Crippen LogP contribution in [0.3, 0.4) is 0 Å². The van der Waals surface area contributed by atoms with Crippen LogP contribution in [0.25, 0.3) is 0 Å². The fourth-order valence-electron chi connectivity index (χ4n) is 1.49. The quantitative estimate of drug-likeness (QED) is 0.494. The molecule has 0 aliphatic carbocycles. The zero-order chi connectivity index (χ0) is 9.42. The molecule has 0 spiro atoms. The normalized spacial score (nSPS) is 19.3. The molecule has 68 valence electrons. The van der Waals surface area contributed by atoms with Gasteiger partial charge < -0.3 is 11.1 Å². The van der Waals surface area contributed by atoms with Crippen LogP contribution in [0.5, 0.6) is 0 Å². The number of nitro benzene ring substituents is 1. The van der Waals surface area contributed by atoms with Gasteiger partial charge in [-0.25, -0.2) is 0 Å². The summed E-state index contributed by atoms with van der Waals surface area (Å²) in [5.41, 5.74) is 7.57. The number of nitrogens with zero attached hydrogens (tertiary/aromatic N) is 1. The second kappa shape index (κ2) is 2.70. The number of nitrogens with one attached hydrogen (secondary N) is 1. The number of rotatable bonds is 1. The van der Waals surface area contributed by atoms with Crippen molar-refractivity contribution in [2.45, 2.75) is 12.6 Å². The van der Waals surface area contributed by atoms with Crippen molar-refractivity contribution in [3.8, 4) is 0 Å². The highest BCUT2D eigenvalue weighted by atomic mass is 16.6. The highest BCUT2D eigenvalue weighted by molar-refractivity contribution is 5.60. The predicted octanol–water partition coefficient (Wildman–Crippen LogP) is 0.848. The Morgan fingerprint density at radius 3 is 3.08 bits per heavy atom. The fourth-order valence-corrected chi connectivity index (χ4v) is 1.49. The van der Waals surface area contributed by atoms with Crippen LogP contribution in [-0.2, 0) is 6.42 Å². The highest BCUT2D eigenvalue weighted by Gasteiger charge is 2.19. The third-order valence-electron chi connectivity index (χ3n) is 2.08. The number of fused-ring (bicyclic) bond motifs is 1. The van der Waals surface area contributed by atoms with E-state index in [2.05, 4.69) is 5.32 Å². The van der Waals surface area contributed by atoms with Crippen molar-refractivity contribution in [3.63, 3.8) is 0 Å². The second-order valence-electron chi connectivity index (χ2n) is 3.05. The maximum absolute atomic E-state index is 10.4. The van der Waals surface area contributed by atoms with Gasteiger partial charge in [0, 0.05) is 24.2 Å². The van der Waals surface area contributed by atoms with E-state index < -0.39 is 4.92 Å². The smallest absolute Gasteiger partial charge is 0.269 e. The Bertz CT molecular complexity index is 364. The molecule has 1 aliphatic heterocycles. The molecule has 5 heteroatoms. The lowest BCUT2D eigenvalue weighted by molar-refractivity contribution is -0.384. The van der Waals surface area contributed by atoms with Gasteiger partial charge in [0.2, 0.25) is 0 Å². The average molecular weight is 179 g/mol. The molecular formula is C8H9N3O2. The molecule has 1 heterocycles. The highest BCUT2D eigenvalue weighted by Crippen LogP contribution is 2.27. The Hall–Kier alpha value is -1.62. The van der Waals surface area contributed by atoms with Crippen LogP contribution in [0.4, 0.5) is 11.4 Å². The van der Waals surface area contributed by atoms with E-state index in [-0.39, 0.29) is 11.9 Å². The van der Waals surface area contributed by atoms with Crippen LogP contribution >= 0.6 is 0 Å². The van der Waals surface area contributed by atoms with E-state index in [9.17, 15) is 10.1 Å². The SMILES string of the molecule is NC1Cc2cc([N+](=O)[O-])ccc2N1. The summed E-state index contributed by atoms with van der Waals surface area (Å²) in [5, 5.41) is 13.5. The largest absolute Gasteiger partial charge is 0.369 e. The van der Waals surface area contributed by atoms with E-state index in [1.54, 1.807) is 12.1 Å². The lowest BCUT2D eigenvalue weighted by Gasteiger charge is -2.01. The zero-order valence-electron chi connectivity index (χ0n) is 6.86. The van der Waals surface area contributed by atoms with Crippen molar-refractivity contribution >= 4 is 11.4 Å². The fraction of sp³-hybridized carbons (Fsp3) is 0.250. The predicted molar refractivity (Wildman–Crippen MR) is 48.4 cm³/mol. The van der Waals surface area contributed by atoms with Crippen molar-refractivity contribution in [2.75, 3.05) is 5.32 Å². The molecule has 0 saturated carbocycles. The van der Waals surface area contributed by atoms with Crippen molar-refractivity contribution in [2.24, 2.45) is 5.73 Å². The summed E-state index contributed by atoms with van der Waals surface area (Å²) in [6.07, 6.45) is 0.536. The monoisotopic (exact) mass is 179 g/mol. The van der Waals surface area contributed by atoms with Crippen LogP contribution in [0.15, 0.2) is 18.2 Å². The third-order valence-corrected chi connectivity index (χ3v) is 2.08. The molecule has 2 rings (SSSR count). The Morgan fingerprint density at radius 2 is 2.38 bits per heavy atom. The molecule has 0 bridgehead atoms. The molecule has 1 aromatic rings. The van der Waals surface area contributed by atoms with Gasteiger partial charge in [-0.15, -0.1) is 0 Å². The van der Waals surface area contributed by atoms with Crippen LogP contribution in [-0.4, -0.2) is 11.1 Å². The summed E-state index contributed by atoms with van der Waals surface area (Å²) in [5.74, 6) is 0. The Labute approximate surface area is 74.7 Å². The van der Waals surface area contributed by atoms with Crippen molar-refractivity contribution < 1.29 is 4.92 Å². The number of hydrogen-bond acceptors (Lipinski definition) is 4. The second-order valence-corrected chi connectivity index (χ2v) is 3.05. The summed E-state index contributed by atoms with van der Waals surface area (Å²) in [4.78, 5) is 10.0. The van der Waals surface area contributed by atoms with Gasteiger partial charge in [0.1, 0.15) is 0 Å². The molecule has 0 aromatic heterocycles. The van der Waals surface area contributed by atoms with Crippen LogP contribution in [0.2, 0.25) is 0 Å². The number of nitro groups is 1. The first-order valence-corrected chi connectivity index (χ1v) is 3.96. The minimum Gasteiger partial charge on any atom is -0.369 e. The molecule has 1 aliphatic rings. The molecule has 0 radical (unpaired) electrons. The molecule has 0 amide bonds. The van der Waals surface area contributed by atoms with E-state index in [1.807, 2.05) is 0 Å². The summed E-state index contributed by atoms with van der Waals surface area (Å²) in [7, 11) is 0. The summed E-state index contributed by atoms with van der Waals surface area (Å²) < 4.78 is 0. The Kier molecular flexibility index (Phi) is 1.66. The number of hydrogen-bond donors (Lipinski definition) is 2. The number of benzene rings is 1. The third kappa shape index (κ3) is 1.33. The van der Waals surface area contributed by atoms with Crippen molar-refractivity contribution in [3.05, 3.63) is 33.9 Å². The first-order chi connectivity index (χ1) is 6.16. The number of nitrogens with two attached hydrogens (primary N) is 1. The van der Waals surface area contributed by atoms with Crippen molar-refractivity contribution in [1.82, 2.24) is 0 Å². The molecule has 1 atom stereocenters. The Morgan fingerprint density at radius 1 is 1.62 bits per heavy atom. The first-order valence-electron chi connectivity index (χ1n) is 3.96. The Balaban J connectivity index is 2.40. The lowest BCUT2D eigenvalue weighted by atomic mass is 10.1. The van der Waals surface area contributed by atoms with Crippen LogP contribution < -0.4 is 11.1 Å². The van der Waals surface area contributed by atoms with Gasteiger partial charge in [-0.05, 0) is 11.6 Å². The number of anilines is 1. The molecule has 0 saturated heterocycles. The molecule has 13 heavy (non-hydrogen) atoms. The number of non-ortho nitro benzene ring substituents is 1. The van der Waals surface area contributed by atoms with Gasteiger partial charge in [0.05, 0.1) is 11.1 Å². The van der Waals surface area contributed by atoms with E-state index >= 15 is 0 Å². The lowest BCUT2D eigenvalue weighted by Crippen LogP contribution is -2.25. The zero-order valence-corrected chi connectivity index (χ0v) is 6.86. The summed E-state index contributed by atoms with van der Waals surface area (Å²) in [6, 6.07) is 4.74. The van der Waals surface area contributed by atoms with Gasteiger partial charge in [-0.1, -0.05) is 0 Å². The van der Waals surface area contributed by atoms with E-state index in [1.165, 1.54) is 6.07 Å². The van der Waals surface area contributed by atoms with E-state index in [0.717, 1.165) is 11.3 Å². The molecule has 3 N–H and O–H groups in total. The minimum absolute atomic E-state index is 0.114. The molecule has 1 aromatic carbocycles. The van der Waals surface area contributed by atoms with Crippen LogP contribution in [0, 0.1) is 10.1 Å². The molecule has 1 unspecified atom stereocenters. The maximum Gasteiger partial charge on any atom is 0.269 e. The van der Waals surface area contributed by atoms with E-state index in [0.29, 0.717) is 6.42 Å². The summed E-state index contributed by atoms with van der Waals surface area (Å²) in [6.45, 7) is 0. The van der Waals surface area contributed by atoms with E-state index in [4.69, 9.17) is 5.73 Å². The maximum atomic E-state index is 10.4. The van der Waals surface area contributed by atoms with Crippen LogP contribution in [0.1, 0.15) is 5.56 Å². The summed E-state index contributed by atoms with van der Waals surface area (Å²) >= 11 is 0. The molecule has 0 fully saturated rings. The van der Waals surface area contributed by atoms with Gasteiger partial charge >= 0.3 is 0 Å². The van der Waals surface area contributed by atoms with Gasteiger partial charge in [0.15, 0.2) is 0 Å². The van der Waals surface area contributed by atoms with Gasteiger partial charge in [0.25, 0.3) is 5.69 Å². The molecule has 5 nitrogen and oxygen atoms in total. The van der Waals surface area contributed by atoms with Gasteiger partial charge in [-0.2, -0.15) is 0 Å². The topological polar surface area (TPSA) is 81.2 Å². The first kappa shape index (κ1) is 8.00. The average Bonchev–Trinajstić information content (AvgIpc) is 2.42.